The minimum absolute atomic E-state index is 0.136. The maximum absolute atomic E-state index is 12.7. The summed E-state index contributed by atoms with van der Waals surface area (Å²) >= 11 is 1.57. The number of benzene rings is 3. The highest BCUT2D eigenvalue weighted by Crippen LogP contribution is 2.19. The van der Waals surface area contributed by atoms with Gasteiger partial charge in [-0.1, -0.05) is 54.2 Å². The minimum atomic E-state index is -3.65. The predicted molar refractivity (Wildman–Crippen MR) is 131 cm³/mol. The second kappa shape index (κ2) is 10.2. The summed E-state index contributed by atoms with van der Waals surface area (Å²) in [6.07, 6.45) is 3.62. The maximum Gasteiger partial charge on any atom is 0.251 e. The molecule has 4 aromatic rings. The molecule has 1 amide bonds. The largest absolute Gasteiger partial charge is 0.351 e. The number of imidazole rings is 1. The lowest BCUT2D eigenvalue weighted by molar-refractivity contribution is 0.0956. The monoisotopic (exact) mass is 480 g/mol. The van der Waals surface area contributed by atoms with Crippen LogP contribution in [0.2, 0.25) is 0 Å². The van der Waals surface area contributed by atoms with Crippen LogP contribution in [0.4, 0.5) is 0 Å². The first kappa shape index (κ1) is 23.0. The summed E-state index contributed by atoms with van der Waals surface area (Å²) in [6, 6.07) is 19.6. The highest BCUT2D eigenvalue weighted by molar-refractivity contribution is 7.99. The van der Waals surface area contributed by atoms with E-state index in [1.165, 1.54) is 0 Å². The Morgan fingerprint density at radius 2 is 1.79 bits per heavy atom. The maximum atomic E-state index is 12.7. The van der Waals surface area contributed by atoms with Crippen molar-refractivity contribution in [1.29, 1.82) is 0 Å². The molecule has 0 atom stereocenters. The van der Waals surface area contributed by atoms with Crippen molar-refractivity contribution < 1.29 is 13.2 Å². The second-order valence-corrected chi connectivity index (χ2v) is 10.3. The zero-order valence-electron chi connectivity index (χ0n) is 18.1. The number of hydrogen-bond acceptors (Lipinski definition) is 5. The molecule has 0 saturated heterocycles. The molecule has 33 heavy (non-hydrogen) atoms. The van der Waals surface area contributed by atoms with Crippen LogP contribution in [0.5, 0.6) is 0 Å². The number of amides is 1. The molecule has 9 heteroatoms. The van der Waals surface area contributed by atoms with E-state index in [0.717, 1.165) is 21.5 Å². The van der Waals surface area contributed by atoms with Gasteiger partial charge >= 0.3 is 0 Å². The highest BCUT2D eigenvalue weighted by atomic mass is 32.2. The molecule has 0 unspecified atom stereocenters. The van der Waals surface area contributed by atoms with E-state index in [4.69, 9.17) is 0 Å². The van der Waals surface area contributed by atoms with Crippen LogP contribution in [0.25, 0.3) is 10.8 Å². The Hall–Kier alpha value is -3.14. The molecule has 1 aromatic heterocycles. The van der Waals surface area contributed by atoms with E-state index in [0.29, 0.717) is 17.9 Å². The fraction of sp³-hybridized carbons (Fsp3) is 0.167. The summed E-state index contributed by atoms with van der Waals surface area (Å²) in [6.45, 7) is 0.654. The highest BCUT2D eigenvalue weighted by Gasteiger charge is 2.14. The van der Waals surface area contributed by atoms with Gasteiger partial charge in [0.25, 0.3) is 5.91 Å². The smallest absolute Gasteiger partial charge is 0.251 e. The predicted octanol–water partition coefficient (Wildman–Crippen LogP) is 3.57. The molecule has 0 bridgehead atoms. The lowest BCUT2D eigenvalue weighted by Crippen LogP contribution is -2.26. The van der Waals surface area contributed by atoms with Gasteiger partial charge in [0.2, 0.25) is 10.0 Å². The van der Waals surface area contributed by atoms with E-state index in [-0.39, 0.29) is 17.3 Å². The van der Waals surface area contributed by atoms with Crippen LogP contribution in [0.1, 0.15) is 15.9 Å². The third kappa shape index (κ3) is 5.81. The first-order valence-electron chi connectivity index (χ1n) is 10.4. The van der Waals surface area contributed by atoms with Crippen molar-refractivity contribution in [3.8, 4) is 0 Å². The number of rotatable bonds is 9. The van der Waals surface area contributed by atoms with Gasteiger partial charge in [-0.2, -0.15) is 0 Å². The SMILES string of the molecule is Cn1ccnc1SCCNC(=O)c1ccc(CNS(=O)(=O)c2ccc3ccccc3c2)cc1. The number of carbonyl (C=O) groups excluding carboxylic acids is 1. The molecule has 4 rings (SSSR count). The van der Waals surface area contributed by atoms with Crippen molar-refractivity contribution in [1.82, 2.24) is 19.6 Å². The summed E-state index contributed by atoms with van der Waals surface area (Å²) in [5, 5.41) is 5.64. The molecule has 0 radical (unpaired) electrons. The van der Waals surface area contributed by atoms with Crippen molar-refractivity contribution in [2.24, 2.45) is 7.05 Å². The number of fused-ring (bicyclic) bond motifs is 1. The van der Waals surface area contributed by atoms with Gasteiger partial charge in [0.05, 0.1) is 4.90 Å². The molecule has 0 spiro atoms. The molecule has 0 fully saturated rings. The number of nitrogens with one attached hydrogen (secondary N) is 2. The van der Waals surface area contributed by atoms with E-state index in [2.05, 4.69) is 15.0 Å². The van der Waals surface area contributed by atoms with Crippen molar-refractivity contribution in [3.05, 3.63) is 90.3 Å². The normalized spacial score (nSPS) is 11.5. The van der Waals surface area contributed by atoms with Crippen molar-refractivity contribution in [2.75, 3.05) is 12.3 Å². The van der Waals surface area contributed by atoms with Gasteiger partial charge in [0, 0.05) is 43.8 Å². The molecule has 0 aliphatic rings. The van der Waals surface area contributed by atoms with E-state index in [1.54, 1.807) is 60.4 Å². The van der Waals surface area contributed by atoms with Crippen LogP contribution in [-0.4, -0.2) is 36.2 Å². The number of hydrogen-bond donors (Lipinski definition) is 2. The van der Waals surface area contributed by atoms with E-state index in [9.17, 15) is 13.2 Å². The summed E-state index contributed by atoms with van der Waals surface area (Å²) in [7, 11) is -1.72. The minimum Gasteiger partial charge on any atom is -0.351 e. The molecule has 3 aromatic carbocycles. The molecule has 7 nitrogen and oxygen atoms in total. The van der Waals surface area contributed by atoms with Crippen LogP contribution >= 0.6 is 11.8 Å². The number of aromatic nitrogens is 2. The molecule has 0 aliphatic heterocycles. The number of nitrogens with zero attached hydrogens (tertiary/aromatic N) is 2. The van der Waals surface area contributed by atoms with Crippen LogP contribution in [-0.2, 0) is 23.6 Å². The fourth-order valence-electron chi connectivity index (χ4n) is 3.27. The summed E-state index contributed by atoms with van der Waals surface area (Å²) in [4.78, 5) is 16.8. The molecule has 0 aliphatic carbocycles. The van der Waals surface area contributed by atoms with Gasteiger partial charge in [-0.25, -0.2) is 18.1 Å². The topological polar surface area (TPSA) is 93.1 Å². The molecular formula is C24H24N4O3S2. The van der Waals surface area contributed by atoms with Gasteiger partial charge < -0.3 is 9.88 Å². The lowest BCUT2D eigenvalue weighted by atomic mass is 10.1. The summed E-state index contributed by atoms with van der Waals surface area (Å²) in [5.74, 6) is 0.546. The Labute approximate surface area is 197 Å². The Kier molecular flexibility index (Phi) is 7.12. The molecular weight excluding hydrogens is 456 g/mol. The van der Waals surface area contributed by atoms with Crippen LogP contribution in [0.15, 0.2) is 89.2 Å². The fourth-order valence-corrected chi connectivity index (χ4v) is 5.11. The Morgan fingerprint density at radius 1 is 1.03 bits per heavy atom. The average molecular weight is 481 g/mol. The van der Waals surface area contributed by atoms with E-state index >= 15 is 0 Å². The Balaban J connectivity index is 1.29. The summed E-state index contributed by atoms with van der Waals surface area (Å²) < 4.78 is 29.9. The van der Waals surface area contributed by atoms with Gasteiger partial charge in [0.15, 0.2) is 5.16 Å². The van der Waals surface area contributed by atoms with Gasteiger partial charge in [0.1, 0.15) is 0 Å². The first-order valence-corrected chi connectivity index (χ1v) is 12.8. The molecule has 1 heterocycles. The second-order valence-electron chi connectivity index (χ2n) is 7.46. The summed E-state index contributed by atoms with van der Waals surface area (Å²) in [5.41, 5.74) is 1.29. The number of thioether (sulfide) groups is 1. The van der Waals surface area contributed by atoms with Gasteiger partial charge in [-0.15, -0.1) is 0 Å². The molecule has 0 saturated carbocycles. The number of sulfonamides is 1. The zero-order chi connectivity index (χ0) is 23.3. The Morgan fingerprint density at radius 3 is 2.52 bits per heavy atom. The average Bonchev–Trinajstić information content (AvgIpc) is 3.25. The lowest BCUT2D eigenvalue weighted by Gasteiger charge is -2.09. The molecule has 170 valence electrons. The van der Waals surface area contributed by atoms with Crippen LogP contribution in [0, 0.1) is 0 Å². The van der Waals surface area contributed by atoms with Gasteiger partial charge in [-0.05, 0) is 40.6 Å². The van der Waals surface area contributed by atoms with Crippen LogP contribution in [0.3, 0.4) is 0 Å². The zero-order valence-corrected chi connectivity index (χ0v) is 19.7. The first-order chi connectivity index (χ1) is 15.9. The Bertz CT molecular complexity index is 1370. The van der Waals surface area contributed by atoms with Crippen molar-refractivity contribution in [2.45, 2.75) is 16.6 Å². The van der Waals surface area contributed by atoms with Crippen molar-refractivity contribution in [3.63, 3.8) is 0 Å². The quantitative estimate of drug-likeness (QED) is 0.282. The van der Waals surface area contributed by atoms with E-state index in [1.807, 2.05) is 42.1 Å². The third-order valence-electron chi connectivity index (χ3n) is 5.11. The van der Waals surface area contributed by atoms with Gasteiger partial charge in [-0.3, -0.25) is 4.79 Å². The number of carbonyl (C=O) groups is 1. The standard InChI is InChI=1S/C24H24N4O3S2/c1-28-14-12-26-24(28)32-15-13-25-23(29)20-8-6-18(7-9-20)17-27-33(30,31)22-11-10-19-4-2-3-5-21(19)16-22/h2-12,14,16,27H,13,15,17H2,1H3,(H,25,29). The third-order valence-corrected chi connectivity index (χ3v) is 7.57. The van der Waals surface area contributed by atoms with Crippen LogP contribution < -0.4 is 10.0 Å². The molecule has 2 N–H and O–H groups in total. The van der Waals surface area contributed by atoms with Crippen molar-refractivity contribution >= 4 is 38.5 Å². The van der Waals surface area contributed by atoms with E-state index < -0.39 is 10.0 Å². The number of aryl methyl sites for hydroxylation is 1.